The van der Waals surface area contributed by atoms with Crippen molar-refractivity contribution in [3.05, 3.63) is 41.4 Å². The smallest absolute Gasteiger partial charge is 0.207 e. The predicted octanol–water partition coefficient (Wildman–Crippen LogP) is 3.04. The van der Waals surface area contributed by atoms with Crippen LogP contribution in [0.25, 0.3) is 0 Å². The highest BCUT2D eigenvalue weighted by Gasteiger charge is 2.19. The fourth-order valence-corrected chi connectivity index (χ4v) is 2.84. The van der Waals surface area contributed by atoms with Crippen molar-refractivity contribution < 1.29 is 8.42 Å². The van der Waals surface area contributed by atoms with Crippen molar-refractivity contribution in [3.63, 3.8) is 0 Å². The summed E-state index contributed by atoms with van der Waals surface area (Å²) in [5, 5.41) is 0. The van der Waals surface area contributed by atoms with Gasteiger partial charge in [0, 0.05) is 18.1 Å². The Morgan fingerprint density at radius 3 is 2.47 bits per heavy atom. The van der Waals surface area contributed by atoms with Gasteiger partial charge in [0.15, 0.2) is 0 Å². The summed E-state index contributed by atoms with van der Waals surface area (Å²) in [5.41, 5.74) is 0. The highest BCUT2D eigenvalue weighted by Crippen LogP contribution is 2.18. The van der Waals surface area contributed by atoms with Crippen LogP contribution in [-0.2, 0) is 10.0 Å². The topological polar surface area (TPSA) is 37.4 Å². The first kappa shape index (κ1) is 14.4. The number of benzene rings is 1. The van der Waals surface area contributed by atoms with Gasteiger partial charge in [0.2, 0.25) is 10.0 Å². The van der Waals surface area contributed by atoms with E-state index in [1.165, 1.54) is 4.31 Å². The van der Waals surface area contributed by atoms with E-state index >= 15 is 0 Å². The Hall–Kier alpha value is -0.650. The fourth-order valence-electron chi connectivity index (χ4n) is 1.36. The maximum absolute atomic E-state index is 12.1. The van der Waals surface area contributed by atoms with Gasteiger partial charge in [-0.3, -0.25) is 0 Å². The average Bonchev–Trinajstić information content (AvgIpc) is 2.29. The highest BCUT2D eigenvalue weighted by molar-refractivity contribution is 9.10. The molecule has 0 unspecified atom stereocenters. The summed E-state index contributed by atoms with van der Waals surface area (Å²) < 4.78 is 26.5. The monoisotopic (exact) mass is 317 g/mol. The molecule has 0 amide bonds. The Morgan fingerprint density at radius 1 is 1.35 bits per heavy atom. The Kier molecular flexibility index (Phi) is 5.36. The summed E-state index contributed by atoms with van der Waals surface area (Å²) in [5.74, 6) is 0. The van der Waals surface area contributed by atoms with E-state index in [2.05, 4.69) is 22.5 Å². The van der Waals surface area contributed by atoms with E-state index in [1.54, 1.807) is 37.4 Å². The van der Waals surface area contributed by atoms with Crippen LogP contribution in [0, 0.1) is 0 Å². The lowest BCUT2D eigenvalue weighted by atomic mass is 10.3. The van der Waals surface area contributed by atoms with E-state index < -0.39 is 10.0 Å². The standard InChI is InChI=1S/C12H16BrNO2S/c1-3-4-5-10-14(2)17(15,16)12-8-6-11(13)7-9-12/h3,6-9H,1,4-5,10H2,2H3. The second kappa shape index (κ2) is 6.33. The molecule has 17 heavy (non-hydrogen) atoms. The number of sulfonamides is 1. The van der Waals surface area contributed by atoms with Crippen molar-refractivity contribution >= 4 is 26.0 Å². The molecule has 0 bridgehead atoms. The first-order chi connectivity index (χ1) is 7.98. The highest BCUT2D eigenvalue weighted by atomic mass is 79.9. The van der Waals surface area contributed by atoms with Gasteiger partial charge in [-0.15, -0.1) is 6.58 Å². The molecule has 1 aromatic carbocycles. The Morgan fingerprint density at radius 2 is 1.94 bits per heavy atom. The van der Waals surface area contributed by atoms with Crippen molar-refractivity contribution in [1.82, 2.24) is 4.31 Å². The molecule has 0 saturated heterocycles. The molecular formula is C12H16BrNO2S. The molecule has 0 aliphatic heterocycles. The zero-order chi connectivity index (χ0) is 12.9. The van der Waals surface area contributed by atoms with Gasteiger partial charge >= 0.3 is 0 Å². The van der Waals surface area contributed by atoms with Crippen LogP contribution in [0.4, 0.5) is 0 Å². The van der Waals surface area contributed by atoms with Crippen LogP contribution in [0.2, 0.25) is 0 Å². The summed E-state index contributed by atoms with van der Waals surface area (Å²) in [6.07, 6.45) is 3.40. The Balaban J connectivity index is 2.80. The first-order valence-corrected chi connectivity index (χ1v) is 7.54. The van der Waals surface area contributed by atoms with E-state index in [0.29, 0.717) is 11.4 Å². The summed E-state index contributed by atoms with van der Waals surface area (Å²) >= 11 is 3.28. The SMILES string of the molecule is C=CCCCN(C)S(=O)(=O)c1ccc(Br)cc1. The van der Waals surface area contributed by atoms with Crippen LogP contribution in [0.3, 0.4) is 0 Å². The minimum absolute atomic E-state index is 0.321. The van der Waals surface area contributed by atoms with Crippen molar-refractivity contribution in [1.29, 1.82) is 0 Å². The molecule has 0 heterocycles. The molecule has 5 heteroatoms. The van der Waals surface area contributed by atoms with E-state index in [-0.39, 0.29) is 0 Å². The van der Waals surface area contributed by atoms with E-state index in [0.717, 1.165) is 17.3 Å². The molecule has 0 aliphatic carbocycles. The normalized spacial score (nSPS) is 11.7. The van der Waals surface area contributed by atoms with Gasteiger partial charge in [0.1, 0.15) is 0 Å². The molecule has 94 valence electrons. The van der Waals surface area contributed by atoms with E-state index in [4.69, 9.17) is 0 Å². The third kappa shape index (κ3) is 3.94. The molecule has 0 saturated carbocycles. The Labute approximate surface area is 111 Å². The van der Waals surface area contributed by atoms with Crippen molar-refractivity contribution in [2.24, 2.45) is 0 Å². The lowest BCUT2D eigenvalue weighted by Gasteiger charge is -2.16. The van der Waals surface area contributed by atoms with Crippen LogP contribution < -0.4 is 0 Å². The van der Waals surface area contributed by atoms with Crippen molar-refractivity contribution in [2.45, 2.75) is 17.7 Å². The number of halogens is 1. The molecule has 0 aliphatic rings. The molecular weight excluding hydrogens is 302 g/mol. The minimum atomic E-state index is -3.36. The second-order valence-corrected chi connectivity index (χ2v) is 6.67. The predicted molar refractivity (Wildman–Crippen MR) is 73.4 cm³/mol. The Bertz CT molecular complexity index is 468. The third-order valence-corrected chi connectivity index (χ3v) is 4.80. The van der Waals surface area contributed by atoms with Gasteiger partial charge in [0.05, 0.1) is 4.90 Å². The number of allylic oxidation sites excluding steroid dienone is 1. The molecule has 0 N–H and O–H groups in total. The maximum Gasteiger partial charge on any atom is 0.242 e. The van der Waals surface area contributed by atoms with Crippen LogP contribution >= 0.6 is 15.9 Å². The molecule has 0 radical (unpaired) electrons. The number of unbranched alkanes of at least 4 members (excludes halogenated alkanes) is 1. The minimum Gasteiger partial charge on any atom is -0.207 e. The van der Waals surface area contributed by atoms with Crippen molar-refractivity contribution in [2.75, 3.05) is 13.6 Å². The molecule has 0 spiro atoms. The zero-order valence-corrected chi connectivity index (χ0v) is 12.2. The quantitative estimate of drug-likeness (QED) is 0.597. The van der Waals surface area contributed by atoms with Gasteiger partial charge in [-0.05, 0) is 37.1 Å². The van der Waals surface area contributed by atoms with Crippen LogP contribution in [0.5, 0.6) is 0 Å². The summed E-state index contributed by atoms with van der Waals surface area (Å²) in [7, 11) is -1.76. The van der Waals surface area contributed by atoms with Crippen LogP contribution in [0.1, 0.15) is 12.8 Å². The molecule has 0 fully saturated rings. The second-order valence-electron chi connectivity index (χ2n) is 3.71. The van der Waals surface area contributed by atoms with Gasteiger partial charge in [-0.2, -0.15) is 0 Å². The third-order valence-electron chi connectivity index (χ3n) is 2.40. The van der Waals surface area contributed by atoms with Crippen LogP contribution in [0.15, 0.2) is 46.3 Å². The number of hydrogen-bond acceptors (Lipinski definition) is 2. The van der Waals surface area contributed by atoms with Gasteiger partial charge in [0.25, 0.3) is 0 Å². The molecule has 1 aromatic rings. The van der Waals surface area contributed by atoms with E-state index in [1.807, 2.05) is 0 Å². The van der Waals surface area contributed by atoms with Gasteiger partial charge in [-0.1, -0.05) is 22.0 Å². The fraction of sp³-hybridized carbons (Fsp3) is 0.333. The number of rotatable bonds is 6. The summed E-state index contributed by atoms with van der Waals surface area (Å²) in [4.78, 5) is 0.321. The first-order valence-electron chi connectivity index (χ1n) is 5.31. The number of nitrogens with zero attached hydrogens (tertiary/aromatic N) is 1. The lowest BCUT2D eigenvalue weighted by Crippen LogP contribution is -2.27. The van der Waals surface area contributed by atoms with Gasteiger partial charge in [-0.25, -0.2) is 12.7 Å². The largest absolute Gasteiger partial charge is 0.242 e. The summed E-state index contributed by atoms with van der Waals surface area (Å²) in [6.45, 7) is 4.12. The van der Waals surface area contributed by atoms with E-state index in [9.17, 15) is 8.42 Å². The molecule has 0 atom stereocenters. The summed E-state index contributed by atoms with van der Waals surface area (Å²) in [6, 6.07) is 6.65. The average molecular weight is 318 g/mol. The molecule has 0 aromatic heterocycles. The number of hydrogen-bond donors (Lipinski definition) is 0. The van der Waals surface area contributed by atoms with Crippen molar-refractivity contribution in [3.8, 4) is 0 Å². The lowest BCUT2D eigenvalue weighted by molar-refractivity contribution is 0.463. The zero-order valence-electron chi connectivity index (χ0n) is 9.77. The molecule has 3 nitrogen and oxygen atoms in total. The maximum atomic E-state index is 12.1. The molecule has 1 rings (SSSR count). The van der Waals surface area contributed by atoms with Gasteiger partial charge < -0.3 is 0 Å². The van der Waals surface area contributed by atoms with Crippen LogP contribution in [-0.4, -0.2) is 26.3 Å².